The highest BCUT2D eigenvalue weighted by atomic mass is 32.2. The second kappa shape index (κ2) is 6.54. The monoisotopic (exact) mass is 300 g/mol. The number of fused-ring (bicyclic) bond motifs is 1. The molecule has 2 aromatic carbocycles. The molecule has 0 radical (unpaired) electrons. The van der Waals surface area contributed by atoms with E-state index in [1.165, 1.54) is 10.5 Å². The fraction of sp³-hybridized carbons (Fsp3) is 0.333. The lowest BCUT2D eigenvalue weighted by Gasteiger charge is -2.12. The molecule has 3 rings (SSSR count). The van der Waals surface area contributed by atoms with Crippen LogP contribution in [0.15, 0.2) is 53.4 Å². The van der Waals surface area contributed by atoms with Crippen molar-refractivity contribution in [2.45, 2.75) is 36.0 Å². The minimum Gasteiger partial charge on any atom is -0.492 e. The molecule has 0 fully saturated rings. The number of aliphatic hydroxyl groups excluding tert-OH is 1. The molecule has 0 saturated carbocycles. The second-order valence-corrected chi connectivity index (χ2v) is 6.70. The van der Waals surface area contributed by atoms with Gasteiger partial charge >= 0.3 is 0 Å². The maximum Gasteiger partial charge on any atom is 0.119 e. The molecule has 0 aliphatic carbocycles. The number of thioether (sulfide) groups is 1. The van der Waals surface area contributed by atoms with Crippen LogP contribution in [0.2, 0.25) is 0 Å². The molecule has 2 aromatic rings. The van der Waals surface area contributed by atoms with Crippen molar-refractivity contribution >= 4 is 11.8 Å². The van der Waals surface area contributed by atoms with E-state index in [0.29, 0.717) is 5.25 Å². The van der Waals surface area contributed by atoms with Crippen LogP contribution in [0.3, 0.4) is 0 Å². The van der Waals surface area contributed by atoms with E-state index in [9.17, 15) is 5.11 Å². The van der Waals surface area contributed by atoms with Crippen molar-refractivity contribution in [3.05, 3.63) is 59.7 Å². The minimum absolute atomic E-state index is 0.376. The molecule has 1 heterocycles. The lowest BCUT2D eigenvalue weighted by Crippen LogP contribution is -2.13. The quantitative estimate of drug-likeness (QED) is 0.896. The number of rotatable bonds is 5. The van der Waals surface area contributed by atoms with E-state index in [-0.39, 0.29) is 6.10 Å². The Morgan fingerprint density at radius 2 is 1.95 bits per heavy atom. The molecule has 2 nitrogen and oxygen atoms in total. The van der Waals surface area contributed by atoms with E-state index < -0.39 is 0 Å². The van der Waals surface area contributed by atoms with Crippen molar-refractivity contribution in [2.24, 2.45) is 0 Å². The van der Waals surface area contributed by atoms with Crippen molar-refractivity contribution in [1.82, 2.24) is 0 Å². The van der Waals surface area contributed by atoms with Crippen LogP contribution in [-0.2, 0) is 6.42 Å². The van der Waals surface area contributed by atoms with Gasteiger partial charge < -0.3 is 9.84 Å². The number of ether oxygens (including phenoxy) is 1. The first-order chi connectivity index (χ1) is 10.3. The second-order valence-electron chi connectivity index (χ2n) is 5.36. The summed E-state index contributed by atoms with van der Waals surface area (Å²) in [5, 5.41) is 10.3. The fourth-order valence-electron chi connectivity index (χ4n) is 2.56. The molecule has 0 bridgehead atoms. The van der Waals surface area contributed by atoms with Crippen LogP contribution in [-0.4, -0.2) is 17.0 Å². The minimum atomic E-state index is -0.376. The van der Waals surface area contributed by atoms with E-state index in [0.717, 1.165) is 30.8 Å². The Labute approximate surface area is 130 Å². The summed E-state index contributed by atoms with van der Waals surface area (Å²) < 4.78 is 5.89. The molecule has 1 N–H and O–H groups in total. The van der Waals surface area contributed by atoms with E-state index in [2.05, 4.69) is 24.3 Å². The third-order valence-electron chi connectivity index (χ3n) is 3.80. The van der Waals surface area contributed by atoms with Gasteiger partial charge in [-0.15, -0.1) is 11.8 Å². The fourth-order valence-corrected chi connectivity index (χ4v) is 3.78. The summed E-state index contributed by atoms with van der Waals surface area (Å²) in [4.78, 5) is 1.38. The zero-order valence-electron chi connectivity index (χ0n) is 12.2. The summed E-state index contributed by atoms with van der Waals surface area (Å²) in [7, 11) is 0. The number of hydrogen-bond acceptors (Lipinski definition) is 3. The Morgan fingerprint density at radius 3 is 2.67 bits per heavy atom. The third kappa shape index (κ3) is 3.42. The van der Waals surface area contributed by atoms with Gasteiger partial charge in [-0.1, -0.05) is 37.3 Å². The predicted molar refractivity (Wildman–Crippen MR) is 87.0 cm³/mol. The normalized spacial score (nSPS) is 18.3. The Morgan fingerprint density at radius 1 is 1.19 bits per heavy atom. The van der Waals surface area contributed by atoms with Crippen molar-refractivity contribution in [3.63, 3.8) is 0 Å². The maximum atomic E-state index is 9.78. The lowest BCUT2D eigenvalue weighted by molar-refractivity contribution is 0.173. The third-order valence-corrected chi connectivity index (χ3v) is 5.09. The molecule has 1 aliphatic heterocycles. The van der Waals surface area contributed by atoms with Gasteiger partial charge in [0.15, 0.2) is 0 Å². The molecule has 0 saturated heterocycles. The van der Waals surface area contributed by atoms with Crippen LogP contribution in [0.1, 0.15) is 30.6 Å². The first-order valence-corrected chi connectivity index (χ1v) is 8.29. The number of hydrogen-bond donors (Lipinski definition) is 1. The standard InChI is InChI=1S/C18H20O2S/c1-2-17(19)13-7-9-15(10-8-13)20-12-16-11-14-5-3-4-6-18(14)21-16/h3-10,16-17,19H,2,11-12H2,1H3/t16?,17-/m1/s1. The topological polar surface area (TPSA) is 29.5 Å². The molecule has 0 amide bonds. The van der Waals surface area contributed by atoms with Gasteiger partial charge in [0.25, 0.3) is 0 Å². The molecule has 0 spiro atoms. The SMILES string of the molecule is CC[C@@H](O)c1ccc(OCC2Cc3ccccc3S2)cc1. The van der Waals surface area contributed by atoms with Crippen LogP contribution < -0.4 is 4.74 Å². The van der Waals surface area contributed by atoms with Gasteiger partial charge in [-0.05, 0) is 42.2 Å². The van der Waals surface area contributed by atoms with Crippen LogP contribution in [0.5, 0.6) is 5.75 Å². The van der Waals surface area contributed by atoms with E-state index in [4.69, 9.17) is 4.74 Å². The van der Waals surface area contributed by atoms with Crippen LogP contribution >= 0.6 is 11.8 Å². The van der Waals surface area contributed by atoms with Crippen LogP contribution in [0.25, 0.3) is 0 Å². The van der Waals surface area contributed by atoms with Crippen molar-refractivity contribution in [2.75, 3.05) is 6.61 Å². The largest absolute Gasteiger partial charge is 0.492 e. The Bertz CT molecular complexity index is 569. The molecular formula is C18H20O2S. The van der Waals surface area contributed by atoms with Gasteiger partial charge in [0.05, 0.1) is 6.10 Å². The summed E-state index contributed by atoms with van der Waals surface area (Å²) in [6.07, 6.45) is 1.43. The number of benzene rings is 2. The lowest BCUT2D eigenvalue weighted by atomic mass is 10.1. The molecule has 3 heteroatoms. The van der Waals surface area contributed by atoms with Crippen molar-refractivity contribution < 1.29 is 9.84 Å². The molecule has 1 aliphatic rings. The average Bonchev–Trinajstić information content (AvgIpc) is 2.95. The van der Waals surface area contributed by atoms with E-state index in [1.807, 2.05) is 43.0 Å². The van der Waals surface area contributed by atoms with Crippen LogP contribution in [0.4, 0.5) is 0 Å². The molecular weight excluding hydrogens is 280 g/mol. The molecule has 21 heavy (non-hydrogen) atoms. The van der Waals surface area contributed by atoms with Gasteiger partial charge in [0.1, 0.15) is 12.4 Å². The smallest absolute Gasteiger partial charge is 0.119 e. The number of aliphatic hydroxyl groups is 1. The van der Waals surface area contributed by atoms with Crippen molar-refractivity contribution in [1.29, 1.82) is 0 Å². The summed E-state index contributed by atoms with van der Waals surface area (Å²) in [5.41, 5.74) is 2.38. The highest BCUT2D eigenvalue weighted by Crippen LogP contribution is 2.36. The van der Waals surface area contributed by atoms with Gasteiger partial charge in [-0.25, -0.2) is 0 Å². The first-order valence-electron chi connectivity index (χ1n) is 7.41. The molecule has 0 aromatic heterocycles. The van der Waals surface area contributed by atoms with E-state index >= 15 is 0 Å². The summed E-state index contributed by atoms with van der Waals surface area (Å²) in [6.45, 7) is 2.69. The van der Waals surface area contributed by atoms with Gasteiger partial charge in [-0.2, -0.15) is 0 Å². The van der Waals surface area contributed by atoms with Gasteiger partial charge in [0.2, 0.25) is 0 Å². The Balaban J connectivity index is 1.55. The molecule has 2 atom stereocenters. The maximum absolute atomic E-state index is 9.78. The summed E-state index contributed by atoms with van der Waals surface area (Å²) >= 11 is 1.90. The Kier molecular flexibility index (Phi) is 4.51. The predicted octanol–water partition coefficient (Wildman–Crippen LogP) is 4.23. The molecule has 1 unspecified atom stereocenters. The summed E-state index contributed by atoms with van der Waals surface area (Å²) in [5.74, 6) is 0.874. The van der Waals surface area contributed by atoms with Gasteiger partial charge in [0, 0.05) is 10.1 Å². The summed E-state index contributed by atoms with van der Waals surface area (Å²) in [6, 6.07) is 16.3. The zero-order valence-corrected chi connectivity index (χ0v) is 13.0. The highest BCUT2D eigenvalue weighted by molar-refractivity contribution is 8.00. The zero-order chi connectivity index (χ0) is 14.7. The first kappa shape index (κ1) is 14.5. The van der Waals surface area contributed by atoms with Gasteiger partial charge in [-0.3, -0.25) is 0 Å². The van der Waals surface area contributed by atoms with Crippen molar-refractivity contribution in [3.8, 4) is 5.75 Å². The van der Waals surface area contributed by atoms with E-state index in [1.54, 1.807) is 0 Å². The highest BCUT2D eigenvalue weighted by Gasteiger charge is 2.22. The Hall–Kier alpha value is -1.45. The average molecular weight is 300 g/mol. The molecule has 110 valence electrons. The van der Waals surface area contributed by atoms with Crippen LogP contribution in [0, 0.1) is 0 Å².